The molecule has 0 bridgehead atoms. The zero-order valence-corrected chi connectivity index (χ0v) is 20.8. The van der Waals surface area contributed by atoms with E-state index in [1.807, 2.05) is 20.8 Å². The van der Waals surface area contributed by atoms with Gasteiger partial charge in [0.1, 0.15) is 11.4 Å². The first kappa shape index (κ1) is 24.5. The standard InChI is InChI=1S/C24H36ClN3O5/c1-23(2)13-16-20(26)17(25)12-15(21(16)33-23)22(29)27-18-6-9-28(14-19(18)30-4)8-5-7-24(3)31-10-11-32-24/h12,18-19H,5-11,13-14,26H2,1-4H3,(H,27,29)/t18-,19+/m0/s1. The van der Waals surface area contributed by atoms with Crippen LogP contribution in [0.1, 0.15) is 56.0 Å². The van der Waals surface area contributed by atoms with E-state index in [9.17, 15) is 4.79 Å². The largest absolute Gasteiger partial charge is 0.486 e. The average molecular weight is 482 g/mol. The van der Waals surface area contributed by atoms with Crippen LogP contribution in [-0.4, -0.2) is 74.3 Å². The molecule has 3 N–H and O–H groups in total. The van der Waals surface area contributed by atoms with Gasteiger partial charge in [0.25, 0.3) is 5.91 Å². The molecular formula is C24H36ClN3O5. The number of rotatable bonds is 7. The summed E-state index contributed by atoms with van der Waals surface area (Å²) in [5.74, 6) is -0.130. The van der Waals surface area contributed by atoms with Gasteiger partial charge in [-0.15, -0.1) is 0 Å². The van der Waals surface area contributed by atoms with E-state index >= 15 is 0 Å². The van der Waals surface area contributed by atoms with Crippen molar-refractivity contribution in [1.82, 2.24) is 10.2 Å². The lowest BCUT2D eigenvalue weighted by atomic mass is 9.97. The van der Waals surface area contributed by atoms with Gasteiger partial charge in [0, 0.05) is 38.6 Å². The Bertz CT molecular complexity index is 887. The van der Waals surface area contributed by atoms with Crippen LogP contribution in [0.3, 0.4) is 0 Å². The number of hydrogen-bond acceptors (Lipinski definition) is 7. The summed E-state index contributed by atoms with van der Waals surface area (Å²) in [5, 5.41) is 3.53. The molecule has 2 fully saturated rings. The normalized spacial score (nSPS) is 26.1. The van der Waals surface area contributed by atoms with E-state index < -0.39 is 11.4 Å². The highest BCUT2D eigenvalue weighted by Crippen LogP contribution is 2.44. The summed E-state index contributed by atoms with van der Waals surface area (Å²) >= 11 is 6.35. The van der Waals surface area contributed by atoms with Gasteiger partial charge in [0.05, 0.1) is 41.6 Å². The number of likely N-dealkylation sites (tertiary alicyclic amines) is 1. The number of piperidine rings is 1. The zero-order chi connectivity index (χ0) is 23.8. The first-order chi connectivity index (χ1) is 15.6. The molecule has 1 amide bonds. The third-order valence-corrected chi connectivity index (χ3v) is 7.18. The van der Waals surface area contributed by atoms with Gasteiger partial charge in [-0.25, -0.2) is 0 Å². The second-order valence-corrected chi connectivity index (χ2v) is 10.5. The molecule has 3 aliphatic heterocycles. The summed E-state index contributed by atoms with van der Waals surface area (Å²) in [4.78, 5) is 15.6. The van der Waals surface area contributed by atoms with E-state index in [1.165, 1.54) is 0 Å². The Hall–Kier alpha value is -1.58. The number of halogens is 1. The number of benzene rings is 1. The number of hydrogen-bond donors (Lipinski definition) is 2. The molecule has 0 aliphatic carbocycles. The quantitative estimate of drug-likeness (QED) is 0.578. The third-order valence-electron chi connectivity index (χ3n) is 6.86. The first-order valence-electron chi connectivity index (χ1n) is 11.7. The number of ether oxygens (including phenoxy) is 4. The third kappa shape index (κ3) is 5.41. The topological polar surface area (TPSA) is 95.3 Å². The minimum absolute atomic E-state index is 0.0980. The van der Waals surface area contributed by atoms with Crippen molar-refractivity contribution in [3.05, 3.63) is 22.2 Å². The Morgan fingerprint density at radius 1 is 1.33 bits per heavy atom. The maximum atomic E-state index is 13.3. The van der Waals surface area contributed by atoms with Crippen molar-refractivity contribution in [1.29, 1.82) is 0 Å². The molecule has 2 atom stereocenters. The summed E-state index contributed by atoms with van der Waals surface area (Å²) in [7, 11) is 1.69. The van der Waals surface area contributed by atoms with Crippen LogP contribution in [0, 0.1) is 0 Å². The maximum absolute atomic E-state index is 13.3. The Labute approximate surface area is 201 Å². The monoisotopic (exact) mass is 481 g/mol. The van der Waals surface area contributed by atoms with Gasteiger partial charge >= 0.3 is 0 Å². The number of nitrogens with zero attached hydrogens (tertiary/aromatic N) is 1. The summed E-state index contributed by atoms with van der Waals surface area (Å²) in [5.41, 5.74) is 7.46. The summed E-state index contributed by atoms with van der Waals surface area (Å²) < 4.78 is 23.2. The minimum atomic E-state index is -0.454. The highest BCUT2D eigenvalue weighted by atomic mass is 35.5. The summed E-state index contributed by atoms with van der Waals surface area (Å²) in [6, 6.07) is 1.51. The second kappa shape index (κ2) is 9.58. The number of nitrogen functional groups attached to an aromatic ring is 1. The maximum Gasteiger partial charge on any atom is 0.255 e. The molecule has 0 aromatic heterocycles. The Balaban J connectivity index is 1.36. The molecule has 2 saturated heterocycles. The lowest BCUT2D eigenvalue weighted by molar-refractivity contribution is -0.148. The lowest BCUT2D eigenvalue weighted by Gasteiger charge is -2.38. The molecule has 0 radical (unpaired) electrons. The van der Waals surface area contributed by atoms with E-state index in [0.717, 1.165) is 44.5 Å². The van der Waals surface area contributed by atoms with Crippen LogP contribution in [-0.2, 0) is 20.6 Å². The number of anilines is 1. The Morgan fingerprint density at radius 2 is 2.06 bits per heavy atom. The summed E-state index contributed by atoms with van der Waals surface area (Å²) in [6.45, 7) is 9.86. The number of nitrogens with one attached hydrogen (secondary N) is 1. The van der Waals surface area contributed by atoms with Crippen molar-refractivity contribution in [2.75, 3.05) is 45.7 Å². The molecule has 3 heterocycles. The molecule has 4 rings (SSSR count). The molecule has 0 unspecified atom stereocenters. The SMILES string of the molecule is CO[C@@H]1CN(CCCC2(C)OCCO2)CC[C@@H]1NC(=O)c1cc(Cl)c(N)c2c1OC(C)(C)C2. The summed E-state index contributed by atoms with van der Waals surface area (Å²) in [6.07, 6.45) is 3.15. The molecule has 184 valence electrons. The van der Waals surface area contributed by atoms with Gasteiger partial charge < -0.3 is 34.9 Å². The van der Waals surface area contributed by atoms with Crippen LogP contribution in [0.5, 0.6) is 5.75 Å². The van der Waals surface area contributed by atoms with Gasteiger partial charge in [0.2, 0.25) is 0 Å². The van der Waals surface area contributed by atoms with E-state index in [2.05, 4.69) is 10.2 Å². The smallest absolute Gasteiger partial charge is 0.255 e. The lowest BCUT2D eigenvalue weighted by Crippen LogP contribution is -2.55. The van der Waals surface area contributed by atoms with Crippen molar-refractivity contribution in [3.63, 3.8) is 0 Å². The molecule has 0 saturated carbocycles. The number of methoxy groups -OCH3 is 1. The fraction of sp³-hybridized carbons (Fsp3) is 0.708. The van der Waals surface area contributed by atoms with E-state index in [0.29, 0.717) is 41.7 Å². The number of carbonyl (C=O) groups is 1. The first-order valence-corrected chi connectivity index (χ1v) is 12.1. The molecule has 9 heteroatoms. The van der Waals surface area contributed by atoms with Crippen molar-refractivity contribution >= 4 is 23.2 Å². The van der Waals surface area contributed by atoms with Crippen molar-refractivity contribution in [2.45, 2.75) is 70.0 Å². The van der Waals surface area contributed by atoms with Crippen LogP contribution in [0.25, 0.3) is 0 Å². The van der Waals surface area contributed by atoms with Crippen LogP contribution < -0.4 is 15.8 Å². The number of fused-ring (bicyclic) bond motifs is 1. The van der Waals surface area contributed by atoms with E-state index in [4.69, 9.17) is 36.3 Å². The van der Waals surface area contributed by atoms with Crippen molar-refractivity contribution in [2.24, 2.45) is 0 Å². The Kier molecular flexibility index (Phi) is 7.13. The fourth-order valence-corrected chi connectivity index (χ4v) is 5.28. The van der Waals surface area contributed by atoms with Gasteiger partial charge in [-0.1, -0.05) is 11.6 Å². The van der Waals surface area contributed by atoms with Gasteiger partial charge in [-0.3, -0.25) is 4.79 Å². The molecule has 1 aromatic rings. The predicted molar refractivity (Wildman–Crippen MR) is 127 cm³/mol. The zero-order valence-electron chi connectivity index (χ0n) is 20.0. The predicted octanol–water partition coefficient (Wildman–Crippen LogP) is 3.00. The molecule has 1 aromatic carbocycles. The van der Waals surface area contributed by atoms with Crippen LogP contribution in [0.15, 0.2) is 6.07 Å². The van der Waals surface area contributed by atoms with Gasteiger partial charge in [-0.05, 0) is 46.2 Å². The molecule has 3 aliphatic rings. The van der Waals surface area contributed by atoms with Gasteiger partial charge in [0.15, 0.2) is 5.79 Å². The highest BCUT2D eigenvalue weighted by Gasteiger charge is 2.38. The minimum Gasteiger partial charge on any atom is -0.486 e. The molecule has 0 spiro atoms. The number of nitrogens with two attached hydrogens (primary N) is 1. The second-order valence-electron chi connectivity index (χ2n) is 10.0. The highest BCUT2D eigenvalue weighted by molar-refractivity contribution is 6.33. The van der Waals surface area contributed by atoms with E-state index in [1.54, 1.807) is 13.2 Å². The number of carbonyl (C=O) groups excluding carboxylic acids is 1. The number of amides is 1. The molecular weight excluding hydrogens is 446 g/mol. The van der Waals surface area contributed by atoms with Crippen LogP contribution in [0.2, 0.25) is 5.02 Å². The Morgan fingerprint density at radius 3 is 2.76 bits per heavy atom. The fourth-order valence-electron chi connectivity index (χ4n) is 5.06. The molecule has 33 heavy (non-hydrogen) atoms. The average Bonchev–Trinajstić information content (AvgIpc) is 3.34. The van der Waals surface area contributed by atoms with E-state index in [-0.39, 0.29) is 18.1 Å². The molecule has 8 nitrogen and oxygen atoms in total. The van der Waals surface area contributed by atoms with Crippen LogP contribution in [0.4, 0.5) is 5.69 Å². The van der Waals surface area contributed by atoms with Crippen molar-refractivity contribution in [3.8, 4) is 5.75 Å². The van der Waals surface area contributed by atoms with Crippen LogP contribution >= 0.6 is 11.6 Å². The van der Waals surface area contributed by atoms with Gasteiger partial charge in [-0.2, -0.15) is 0 Å². The van der Waals surface area contributed by atoms with Crippen molar-refractivity contribution < 1.29 is 23.7 Å².